The minimum absolute atomic E-state index is 0.00269. The van der Waals surface area contributed by atoms with Gasteiger partial charge in [0.05, 0.1) is 0 Å². The zero-order valence-corrected chi connectivity index (χ0v) is 7.64. The Hall–Kier alpha value is -1.58. The van der Waals surface area contributed by atoms with Crippen LogP contribution < -0.4 is 0 Å². The molecule has 0 aromatic carbocycles. The Morgan fingerprint density at radius 1 is 1.36 bits per heavy atom. The van der Waals surface area contributed by atoms with Gasteiger partial charge in [0.25, 0.3) is 11.8 Å². The number of hydrogen-bond donors (Lipinski definition) is 0. The molecule has 0 radical (unpaired) electrons. The summed E-state index contributed by atoms with van der Waals surface area (Å²) in [5.41, 5.74) is 0.508. The zero-order valence-electron chi connectivity index (χ0n) is 7.64. The third-order valence-corrected chi connectivity index (χ3v) is 3.00. The Morgan fingerprint density at radius 3 is 3.07 bits per heavy atom. The Morgan fingerprint density at radius 2 is 2.21 bits per heavy atom. The molecule has 1 aromatic heterocycles. The Kier molecular flexibility index (Phi) is 1.37. The van der Waals surface area contributed by atoms with Gasteiger partial charge in [-0.05, 0) is 25.0 Å². The van der Waals surface area contributed by atoms with Crippen LogP contribution in [0.5, 0.6) is 0 Å². The van der Waals surface area contributed by atoms with Gasteiger partial charge in [-0.15, -0.1) is 0 Å². The average Bonchev–Trinajstić information content (AvgIpc) is 2.82. The van der Waals surface area contributed by atoms with Crippen LogP contribution in [0.15, 0.2) is 18.3 Å². The van der Waals surface area contributed by atoms with Crippen molar-refractivity contribution in [3.8, 4) is 0 Å². The van der Waals surface area contributed by atoms with E-state index in [9.17, 15) is 9.59 Å². The van der Waals surface area contributed by atoms with E-state index in [1.54, 1.807) is 23.2 Å². The molecule has 1 amide bonds. The monoisotopic (exact) mass is 190 g/mol. The van der Waals surface area contributed by atoms with E-state index in [2.05, 4.69) is 0 Å². The minimum atomic E-state index is -0.206. The number of carbonyl (C=O) groups excluding carboxylic acids is 2. The molecule has 0 unspecified atom stereocenters. The highest BCUT2D eigenvalue weighted by molar-refractivity contribution is 6.04. The second-order valence-electron chi connectivity index (χ2n) is 3.76. The summed E-state index contributed by atoms with van der Waals surface area (Å²) in [5.74, 6) is 0.0409. The van der Waals surface area contributed by atoms with E-state index in [1.807, 2.05) is 0 Å². The minimum Gasteiger partial charge on any atom is -0.325 e. The Balaban J connectivity index is 2.17. The van der Waals surface area contributed by atoms with Crippen LogP contribution in [0, 0.1) is 0 Å². The van der Waals surface area contributed by atoms with Gasteiger partial charge in [-0.3, -0.25) is 14.2 Å². The summed E-state index contributed by atoms with van der Waals surface area (Å²) in [5, 5.41) is 0. The first kappa shape index (κ1) is 7.79. The van der Waals surface area contributed by atoms with Crippen LogP contribution in [0.1, 0.15) is 28.1 Å². The molecule has 0 spiro atoms. The fraction of sp³-hybridized carbons (Fsp3) is 0.400. The Labute approximate surface area is 81.1 Å². The van der Waals surface area contributed by atoms with Crippen molar-refractivity contribution in [3.05, 3.63) is 24.0 Å². The second-order valence-corrected chi connectivity index (χ2v) is 3.76. The van der Waals surface area contributed by atoms with E-state index in [1.165, 1.54) is 4.57 Å². The average molecular weight is 190 g/mol. The second kappa shape index (κ2) is 2.47. The molecule has 1 atom stereocenters. The van der Waals surface area contributed by atoms with Crippen LogP contribution in [0.3, 0.4) is 0 Å². The fourth-order valence-corrected chi connectivity index (χ4v) is 2.32. The molecule has 0 aliphatic carbocycles. The maximum atomic E-state index is 11.9. The quantitative estimate of drug-likeness (QED) is 0.605. The lowest BCUT2D eigenvalue weighted by molar-refractivity contribution is 0.0569. The van der Waals surface area contributed by atoms with Crippen LogP contribution >= 0.6 is 0 Å². The maximum Gasteiger partial charge on any atom is 0.271 e. The van der Waals surface area contributed by atoms with Crippen LogP contribution in [-0.4, -0.2) is 33.9 Å². The number of fused-ring (bicyclic) bond motifs is 2. The van der Waals surface area contributed by atoms with Crippen molar-refractivity contribution in [2.75, 3.05) is 6.54 Å². The molecule has 0 saturated carbocycles. The SMILES string of the molecule is O=C1c2cccn2C(=O)[C@H]2CCCN12. The zero-order chi connectivity index (χ0) is 9.71. The van der Waals surface area contributed by atoms with Gasteiger partial charge in [-0.2, -0.15) is 0 Å². The lowest BCUT2D eigenvalue weighted by Gasteiger charge is -2.29. The highest BCUT2D eigenvalue weighted by Gasteiger charge is 2.40. The number of aromatic nitrogens is 1. The molecule has 1 aromatic rings. The molecule has 0 N–H and O–H groups in total. The summed E-state index contributed by atoms with van der Waals surface area (Å²) >= 11 is 0. The van der Waals surface area contributed by atoms with Crippen molar-refractivity contribution in [2.45, 2.75) is 18.9 Å². The molecule has 72 valence electrons. The number of rotatable bonds is 0. The van der Waals surface area contributed by atoms with Crippen molar-refractivity contribution in [1.29, 1.82) is 0 Å². The van der Waals surface area contributed by atoms with E-state index in [-0.39, 0.29) is 17.9 Å². The van der Waals surface area contributed by atoms with Gasteiger partial charge >= 0.3 is 0 Å². The standard InChI is InChI=1S/C10H10N2O2/c13-9-7-3-1-5-11(7)10(14)8-4-2-6-12(8)9/h1,3,5,8H,2,4,6H2/t8-/m1/s1. The van der Waals surface area contributed by atoms with Crippen molar-refractivity contribution >= 4 is 11.8 Å². The third-order valence-electron chi connectivity index (χ3n) is 3.00. The van der Waals surface area contributed by atoms with Crippen molar-refractivity contribution in [2.24, 2.45) is 0 Å². The molecule has 0 bridgehead atoms. The summed E-state index contributed by atoms with van der Waals surface area (Å²) in [7, 11) is 0. The largest absolute Gasteiger partial charge is 0.325 e. The highest BCUT2D eigenvalue weighted by Crippen LogP contribution is 2.26. The molecule has 3 rings (SSSR count). The van der Waals surface area contributed by atoms with E-state index in [0.717, 1.165) is 19.4 Å². The van der Waals surface area contributed by atoms with E-state index >= 15 is 0 Å². The van der Waals surface area contributed by atoms with Gasteiger partial charge in [0.2, 0.25) is 0 Å². The smallest absolute Gasteiger partial charge is 0.271 e. The highest BCUT2D eigenvalue weighted by atomic mass is 16.2. The summed E-state index contributed by atoms with van der Waals surface area (Å²) in [4.78, 5) is 25.4. The predicted octanol–water partition coefficient (Wildman–Crippen LogP) is 0.746. The van der Waals surface area contributed by atoms with E-state index < -0.39 is 0 Å². The van der Waals surface area contributed by atoms with Crippen molar-refractivity contribution < 1.29 is 9.59 Å². The number of hydrogen-bond acceptors (Lipinski definition) is 2. The molecule has 2 aliphatic heterocycles. The predicted molar refractivity (Wildman–Crippen MR) is 49.1 cm³/mol. The molecular formula is C10H10N2O2. The van der Waals surface area contributed by atoms with Gasteiger partial charge in [-0.25, -0.2) is 0 Å². The van der Waals surface area contributed by atoms with Gasteiger partial charge in [0, 0.05) is 12.7 Å². The van der Waals surface area contributed by atoms with Crippen LogP contribution in [0.2, 0.25) is 0 Å². The fourth-order valence-electron chi connectivity index (χ4n) is 2.32. The van der Waals surface area contributed by atoms with Crippen molar-refractivity contribution in [1.82, 2.24) is 9.47 Å². The number of carbonyl (C=O) groups is 2. The third kappa shape index (κ3) is 0.780. The lowest BCUT2D eigenvalue weighted by Crippen LogP contribution is -2.48. The summed E-state index contributed by atoms with van der Waals surface area (Å²) in [6, 6.07) is 3.24. The summed E-state index contributed by atoms with van der Waals surface area (Å²) in [6.45, 7) is 0.723. The van der Waals surface area contributed by atoms with Gasteiger partial charge in [-0.1, -0.05) is 0 Å². The summed E-state index contributed by atoms with van der Waals surface area (Å²) < 4.78 is 1.48. The maximum absolute atomic E-state index is 11.9. The van der Waals surface area contributed by atoms with Gasteiger partial charge in [0.1, 0.15) is 11.7 Å². The number of nitrogens with zero attached hydrogens (tertiary/aromatic N) is 2. The van der Waals surface area contributed by atoms with E-state index in [4.69, 9.17) is 0 Å². The lowest BCUT2D eigenvalue weighted by atomic mass is 10.1. The van der Waals surface area contributed by atoms with Gasteiger partial charge < -0.3 is 4.90 Å². The summed E-state index contributed by atoms with van der Waals surface area (Å²) in [6.07, 6.45) is 3.42. The first-order chi connectivity index (χ1) is 6.79. The first-order valence-electron chi connectivity index (χ1n) is 4.81. The molecule has 2 aliphatic rings. The molecule has 4 heteroatoms. The van der Waals surface area contributed by atoms with Crippen LogP contribution in [0.25, 0.3) is 0 Å². The molecule has 1 saturated heterocycles. The molecule has 14 heavy (non-hydrogen) atoms. The van der Waals surface area contributed by atoms with E-state index in [0.29, 0.717) is 5.69 Å². The van der Waals surface area contributed by atoms with Crippen molar-refractivity contribution in [3.63, 3.8) is 0 Å². The molecule has 1 fully saturated rings. The van der Waals surface area contributed by atoms with Crippen LogP contribution in [-0.2, 0) is 0 Å². The topological polar surface area (TPSA) is 42.3 Å². The number of amides is 1. The molecule has 4 nitrogen and oxygen atoms in total. The molecular weight excluding hydrogens is 180 g/mol. The normalized spacial score (nSPS) is 25.1. The molecule has 3 heterocycles. The Bertz CT molecular complexity index is 385. The van der Waals surface area contributed by atoms with Gasteiger partial charge in [0.15, 0.2) is 0 Å². The first-order valence-corrected chi connectivity index (χ1v) is 4.81. The van der Waals surface area contributed by atoms with Crippen LogP contribution in [0.4, 0.5) is 0 Å².